The Morgan fingerprint density at radius 3 is 2.50 bits per heavy atom. The number of nitrogens with zero attached hydrogens (tertiary/aromatic N) is 1. The Hall–Kier alpha value is -1.95. The number of halogens is 1. The Morgan fingerprint density at radius 1 is 1.23 bits per heavy atom. The molecule has 0 saturated heterocycles. The van der Waals surface area contributed by atoms with Crippen LogP contribution in [0.1, 0.15) is 19.3 Å². The first-order valence-corrected chi connectivity index (χ1v) is 7.45. The van der Waals surface area contributed by atoms with Crippen molar-refractivity contribution in [3.63, 3.8) is 0 Å². The quantitative estimate of drug-likeness (QED) is 0.594. The molecule has 2 rings (SSSR count). The minimum absolute atomic E-state index is 0.110. The average molecular weight is 307 g/mol. The fraction of sp³-hybridized carbons (Fsp3) is 0.500. The van der Waals surface area contributed by atoms with Crippen LogP contribution in [0.25, 0.3) is 0 Å². The lowest BCUT2D eigenvalue weighted by Gasteiger charge is -2.16. The molecule has 1 aliphatic rings. The van der Waals surface area contributed by atoms with Crippen molar-refractivity contribution in [3.05, 3.63) is 30.1 Å². The van der Waals surface area contributed by atoms with E-state index in [1.165, 1.54) is 12.1 Å². The highest BCUT2D eigenvalue weighted by Crippen LogP contribution is 2.46. The number of carbonyl (C=O) groups is 2. The molecule has 0 bridgehead atoms. The third-order valence-electron chi connectivity index (χ3n) is 3.81. The van der Waals surface area contributed by atoms with Crippen LogP contribution in [0, 0.1) is 11.2 Å². The van der Waals surface area contributed by atoms with Gasteiger partial charge < -0.3 is 15.5 Å². The highest BCUT2D eigenvalue weighted by molar-refractivity contribution is 6.13. The normalized spacial score (nSPS) is 15.5. The maximum atomic E-state index is 13.6. The van der Waals surface area contributed by atoms with E-state index in [0.29, 0.717) is 19.4 Å². The van der Waals surface area contributed by atoms with Crippen molar-refractivity contribution in [1.82, 2.24) is 10.2 Å². The minimum atomic E-state index is -1.03. The summed E-state index contributed by atoms with van der Waals surface area (Å²) in [6, 6.07) is 5.95. The molecule has 0 spiro atoms. The lowest BCUT2D eigenvalue weighted by atomic mass is 10.0. The molecule has 0 unspecified atom stereocenters. The zero-order chi connectivity index (χ0) is 16.2. The first-order chi connectivity index (χ1) is 10.5. The second kappa shape index (κ2) is 6.87. The van der Waals surface area contributed by atoms with E-state index >= 15 is 0 Å². The van der Waals surface area contributed by atoms with Gasteiger partial charge in [-0.25, -0.2) is 4.39 Å². The van der Waals surface area contributed by atoms with Gasteiger partial charge in [0.1, 0.15) is 11.2 Å². The molecule has 1 fully saturated rings. The van der Waals surface area contributed by atoms with Crippen LogP contribution in [-0.4, -0.2) is 43.9 Å². The van der Waals surface area contributed by atoms with E-state index in [4.69, 9.17) is 0 Å². The summed E-state index contributed by atoms with van der Waals surface area (Å²) in [5.41, 5.74) is -0.917. The van der Waals surface area contributed by atoms with Crippen molar-refractivity contribution in [2.75, 3.05) is 32.5 Å². The van der Waals surface area contributed by atoms with Gasteiger partial charge in [-0.3, -0.25) is 9.59 Å². The van der Waals surface area contributed by atoms with Crippen LogP contribution < -0.4 is 10.6 Å². The van der Waals surface area contributed by atoms with Gasteiger partial charge in [0.25, 0.3) is 0 Å². The number of hydrogen-bond donors (Lipinski definition) is 2. The second-order valence-corrected chi connectivity index (χ2v) is 5.93. The van der Waals surface area contributed by atoms with Gasteiger partial charge in [-0.05, 0) is 52.0 Å². The monoisotopic (exact) mass is 307 g/mol. The number of para-hydroxylation sites is 1. The number of nitrogens with one attached hydrogen (secondary N) is 2. The Morgan fingerprint density at radius 2 is 1.91 bits per heavy atom. The molecule has 6 heteroatoms. The van der Waals surface area contributed by atoms with Crippen molar-refractivity contribution in [3.8, 4) is 0 Å². The smallest absolute Gasteiger partial charge is 0.240 e. The fourth-order valence-corrected chi connectivity index (χ4v) is 2.25. The van der Waals surface area contributed by atoms with Gasteiger partial charge >= 0.3 is 0 Å². The van der Waals surface area contributed by atoms with E-state index in [0.717, 1.165) is 13.0 Å². The van der Waals surface area contributed by atoms with Crippen LogP contribution >= 0.6 is 0 Å². The Balaban J connectivity index is 1.89. The fourth-order valence-electron chi connectivity index (χ4n) is 2.25. The maximum absolute atomic E-state index is 13.6. The van der Waals surface area contributed by atoms with Crippen LogP contribution in [-0.2, 0) is 9.59 Å². The van der Waals surface area contributed by atoms with Crippen LogP contribution in [0.5, 0.6) is 0 Å². The van der Waals surface area contributed by atoms with Gasteiger partial charge in [-0.15, -0.1) is 0 Å². The summed E-state index contributed by atoms with van der Waals surface area (Å²) in [6.45, 7) is 1.40. The molecule has 120 valence electrons. The predicted molar refractivity (Wildman–Crippen MR) is 82.9 cm³/mol. The molecule has 22 heavy (non-hydrogen) atoms. The molecular weight excluding hydrogens is 285 g/mol. The topological polar surface area (TPSA) is 61.4 Å². The standard InChI is InChI=1S/C16H22FN3O2/c1-20(2)11-5-10-18-14(21)16(8-9-16)15(22)19-13-7-4-3-6-12(13)17/h3-4,6-7H,5,8-11H2,1-2H3,(H,18,21)(H,19,22). The van der Waals surface area contributed by atoms with Gasteiger partial charge in [0.15, 0.2) is 0 Å². The summed E-state index contributed by atoms with van der Waals surface area (Å²) in [7, 11) is 3.93. The summed E-state index contributed by atoms with van der Waals surface area (Å²) >= 11 is 0. The largest absolute Gasteiger partial charge is 0.355 e. The van der Waals surface area contributed by atoms with E-state index < -0.39 is 17.1 Å². The van der Waals surface area contributed by atoms with Gasteiger partial charge in [0.2, 0.25) is 11.8 Å². The molecule has 2 amide bonds. The van der Waals surface area contributed by atoms with Crippen LogP contribution in [0.2, 0.25) is 0 Å². The molecule has 0 aromatic heterocycles. The van der Waals surface area contributed by atoms with Crippen LogP contribution in [0.15, 0.2) is 24.3 Å². The van der Waals surface area contributed by atoms with E-state index in [9.17, 15) is 14.0 Å². The molecule has 0 atom stereocenters. The van der Waals surface area contributed by atoms with Gasteiger partial charge in [-0.2, -0.15) is 0 Å². The van der Waals surface area contributed by atoms with Crippen LogP contribution in [0.4, 0.5) is 10.1 Å². The first-order valence-electron chi connectivity index (χ1n) is 7.45. The van der Waals surface area contributed by atoms with E-state index in [-0.39, 0.29) is 11.6 Å². The molecule has 0 radical (unpaired) electrons. The first kappa shape index (κ1) is 16.4. The lowest BCUT2D eigenvalue weighted by Crippen LogP contribution is -2.40. The number of anilines is 1. The molecule has 1 aliphatic carbocycles. The highest BCUT2D eigenvalue weighted by atomic mass is 19.1. The molecule has 1 saturated carbocycles. The van der Waals surface area contributed by atoms with Gasteiger partial charge in [-0.1, -0.05) is 12.1 Å². The average Bonchev–Trinajstić information content (AvgIpc) is 3.27. The van der Waals surface area contributed by atoms with Crippen molar-refractivity contribution >= 4 is 17.5 Å². The zero-order valence-corrected chi connectivity index (χ0v) is 13.0. The van der Waals surface area contributed by atoms with E-state index in [1.807, 2.05) is 19.0 Å². The maximum Gasteiger partial charge on any atom is 0.240 e. The number of benzene rings is 1. The molecule has 0 heterocycles. The molecule has 5 nitrogen and oxygen atoms in total. The molecule has 1 aromatic rings. The number of rotatable bonds is 7. The molecule has 1 aromatic carbocycles. The third-order valence-corrected chi connectivity index (χ3v) is 3.81. The zero-order valence-electron chi connectivity index (χ0n) is 13.0. The summed E-state index contributed by atoms with van der Waals surface area (Å²) in [5.74, 6) is -1.19. The van der Waals surface area contributed by atoms with Gasteiger partial charge in [0, 0.05) is 6.54 Å². The second-order valence-electron chi connectivity index (χ2n) is 5.93. The van der Waals surface area contributed by atoms with Crippen LogP contribution in [0.3, 0.4) is 0 Å². The van der Waals surface area contributed by atoms with Gasteiger partial charge in [0.05, 0.1) is 5.69 Å². The van der Waals surface area contributed by atoms with E-state index in [1.54, 1.807) is 12.1 Å². The minimum Gasteiger partial charge on any atom is -0.355 e. The number of amides is 2. The van der Waals surface area contributed by atoms with Crippen molar-refractivity contribution in [1.29, 1.82) is 0 Å². The van der Waals surface area contributed by atoms with Crippen molar-refractivity contribution < 1.29 is 14.0 Å². The summed E-state index contributed by atoms with van der Waals surface area (Å²) in [4.78, 5) is 26.5. The number of hydrogen-bond acceptors (Lipinski definition) is 3. The SMILES string of the molecule is CN(C)CCCNC(=O)C1(C(=O)Nc2ccccc2F)CC1. The lowest BCUT2D eigenvalue weighted by molar-refractivity contribution is -0.134. The third kappa shape index (κ3) is 3.82. The van der Waals surface area contributed by atoms with Crippen molar-refractivity contribution in [2.45, 2.75) is 19.3 Å². The molecular formula is C16H22FN3O2. The summed E-state index contributed by atoms with van der Waals surface area (Å²) < 4.78 is 13.6. The Bertz CT molecular complexity index is 556. The predicted octanol–water partition coefficient (Wildman–Crippen LogP) is 1.61. The highest BCUT2D eigenvalue weighted by Gasteiger charge is 2.56. The Kier molecular flexibility index (Phi) is 5.13. The molecule has 2 N–H and O–H groups in total. The summed E-state index contributed by atoms with van der Waals surface area (Å²) in [5, 5.41) is 5.32. The molecule has 0 aliphatic heterocycles. The van der Waals surface area contributed by atoms with Crippen molar-refractivity contribution in [2.24, 2.45) is 5.41 Å². The number of carbonyl (C=O) groups excluding carboxylic acids is 2. The summed E-state index contributed by atoms with van der Waals surface area (Å²) in [6.07, 6.45) is 1.84. The Labute approximate surface area is 129 Å². The van der Waals surface area contributed by atoms with E-state index in [2.05, 4.69) is 10.6 Å².